The van der Waals surface area contributed by atoms with E-state index in [1.165, 1.54) is 0 Å². The summed E-state index contributed by atoms with van der Waals surface area (Å²) < 4.78 is 0. The number of carbonyl (C=O) groups excluding carboxylic acids is 1. The molecule has 1 amide bonds. The standard InChI is InChI=1S/C15H17N3O/c1-12(9-11-17)18(2)15(19)14-8-4-3-6-13(14)7-5-10-16/h3-4,6,8,12H,9-10,16H2,1-2H3. The lowest BCUT2D eigenvalue weighted by atomic mass is 10.1. The predicted octanol–water partition coefficient (Wildman–Crippen LogP) is 1.37. The van der Waals surface area contributed by atoms with E-state index in [-0.39, 0.29) is 18.5 Å². The highest BCUT2D eigenvalue weighted by Gasteiger charge is 2.19. The molecule has 4 heteroatoms. The van der Waals surface area contributed by atoms with E-state index in [0.29, 0.717) is 17.5 Å². The molecule has 0 saturated heterocycles. The van der Waals surface area contributed by atoms with E-state index < -0.39 is 0 Å². The molecule has 0 aromatic heterocycles. The van der Waals surface area contributed by atoms with Crippen molar-refractivity contribution in [1.29, 1.82) is 5.26 Å². The van der Waals surface area contributed by atoms with Gasteiger partial charge in [-0.05, 0) is 19.1 Å². The van der Waals surface area contributed by atoms with Crippen LogP contribution >= 0.6 is 0 Å². The Morgan fingerprint density at radius 1 is 1.47 bits per heavy atom. The molecule has 0 saturated carbocycles. The second kappa shape index (κ2) is 7.20. The highest BCUT2D eigenvalue weighted by molar-refractivity contribution is 5.96. The minimum atomic E-state index is -0.135. The monoisotopic (exact) mass is 255 g/mol. The molecule has 4 nitrogen and oxygen atoms in total. The molecule has 0 fully saturated rings. The average Bonchev–Trinajstić information content (AvgIpc) is 2.44. The Morgan fingerprint density at radius 3 is 2.79 bits per heavy atom. The van der Waals surface area contributed by atoms with Gasteiger partial charge in [0.05, 0.1) is 24.6 Å². The van der Waals surface area contributed by atoms with Crippen molar-refractivity contribution in [2.75, 3.05) is 13.6 Å². The van der Waals surface area contributed by atoms with Gasteiger partial charge >= 0.3 is 0 Å². The van der Waals surface area contributed by atoms with E-state index >= 15 is 0 Å². The summed E-state index contributed by atoms with van der Waals surface area (Å²) in [6.07, 6.45) is 0.304. The number of carbonyl (C=O) groups is 1. The normalized spacial score (nSPS) is 10.8. The van der Waals surface area contributed by atoms with Crippen LogP contribution in [0.25, 0.3) is 0 Å². The maximum Gasteiger partial charge on any atom is 0.255 e. The molecule has 0 aliphatic rings. The maximum absolute atomic E-state index is 12.4. The van der Waals surface area contributed by atoms with Crippen molar-refractivity contribution in [3.63, 3.8) is 0 Å². The fraction of sp³-hybridized carbons (Fsp3) is 0.333. The Morgan fingerprint density at radius 2 is 2.16 bits per heavy atom. The summed E-state index contributed by atoms with van der Waals surface area (Å²) in [6.45, 7) is 2.10. The van der Waals surface area contributed by atoms with Gasteiger partial charge in [0.2, 0.25) is 0 Å². The summed E-state index contributed by atoms with van der Waals surface area (Å²) in [4.78, 5) is 13.9. The van der Waals surface area contributed by atoms with Crippen LogP contribution in [0.4, 0.5) is 0 Å². The molecule has 19 heavy (non-hydrogen) atoms. The largest absolute Gasteiger partial charge is 0.338 e. The number of nitriles is 1. The molecule has 1 atom stereocenters. The van der Waals surface area contributed by atoms with Crippen molar-refractivity contribution < 1.29 is 4.79 Å². The Bertz CT molecular complexity index is 548. The Hall–Kier alpha value is -2.30. The molecule has 0 aliphatic heterocycles. The number of nitrogens with zero attached hydrogens (tertiary/aromatic N) is 2. The summed E-state index contributed by atoms with van der Waals surface area (Å²) in [7, 11) is 1.69. The number of hydrogen-bond acceptors (Lipinski definition) is 3. The number of hydrogen-bond donors (Lipinski definition) is 1. The lowest BCUT2D eigenvalue weighted by molar-refractivity contribution is 0.0746. The van der Waals surface area contributed by atoms with Gasteiger partial charge in [0, 0.05) is 18.7 Å². The highest BCUT2D eigenvalue weighted by Crippen LogP contribution is 2.12. The third kappa shape index (κ3) is 3.84. The van der Waals surface area contributed by atoms with Gasteiger partial charge in [0.15, 0.2) is 0 Å². The number of amides is 1. The van der Waals surface area contributed by atoms with Crippen molar-refractivity contribution in [2.24, 2.45) is 5.73 Å². The number of nitrogens with two attached hydrogens (primary N) is 1. The van der Waals surface area contributed by atoms with Crippen molar-refractivity contribution in [3.8, 4) is 17.9 Å². The summed E-state index contributed by atoms with van der Waals surface area (Å²) in [5, 5.41) is 8.68. The molecule has 0 spiro atoms. The van der Waals surface area contributed by atoms with E-state index in [0.717, 1.165) is 0 Å². The Kier molecular flexibility index (Phi) is 5.60. The molecule has 98 valence electrons. The SMILES string of the molecule is CC(CC#N)N(C)C(=O)c1ccccc1C#CCN. The third-order valence-electron chi connectivity index (χ3n) is 2.85. The fourth-order valence-corrected chi connectivity index (χ4v) is 1.58. The van der Waals surface area contributed by atoms with Gasteiger partial charge in [0.25, 0.3) is 5.91 Å². The van der Waals surface area contributed by atoms with E-state index in [1.807, 2.05) is 13.0 Å². The second-order valence-corrected chi connectivity index (χ2v) is 4.18. The fourth-order valence-electron chi connectivity index (χ4n) is 1.58. The van der Waals surface area contributed by atoms with Gasteiger partial charge in [-0.3, -0.25) is 4.79 Å². The van der Waals surface area contributed by atoms with Crippen LogP contribution in [0.3, 0.4) is 0 Å². The highest BCUT2D eigenvalue weighted by atomic mass is 16.2. The number of rotatable bonds is 3. The second-order valence-electron chi connectivity index (χ2n) is 4.18. The summed E-state index contributed by atoms with van der Waals surface area (Å²) in [5.74, 6) is 5.51. The molecular formula is C15H17N3O. The van der Waals surface area contributed by atoms with Crippen LogP contribution in [0.2, 0.25) is 0 Å². The molecule has 1 unspecified atom stereocenters. The molecule has 1 aromatic carbocycles. The van der Waals surface area contributed by atoms with Crippen molar-refractivity contribution >= 4 is 5.91 Å². The zero-order chi connectivity index (χ0) is 14.3. The molecule has 2 N–H and O–H groups in total. The van der Waals surface area contributed by atoms with Crippen LogP contribution < -0.4 is 5.73 Å². The van der Waals surface area contributed by atoms with Crippen LogP contribution in [-0.2, 0) is 0 Å². The van der Waals surface area contributed by atoms with Crippen LogP contribution in [-0.4, -0.2) is 30.4 Å². The van der Waals surface area contributed by atoms with Crippen LogP contribution in [0.15, 0.2) is 24.3 Å². The first-order valence-corrected chi connectivity index (χ1v) is 6.04. The van der Waals surface area contributed by atoms with Crippen molar-refractivity contribution in [2.45, 2.75) is 19.4 Å². The molecule has 0 radical (unpaired) electrons. The summed E-state index contributed by atoms with van der Waals surface area (Å²) in [5.41, 5.74) is 6.54. The minimum Gasteiger partial charge on any atom is -0.338 e. The molecule has 1 rings (SSSR count). The van der Waals surface area contributed by atoms with Gasteiger partial charge in [0.1, 0.15) is 0 Å². The van der Waals surface area contributed by atoms with Gasteiger partial charge in [-0.1, -0.05) is 24.0 Å². The zero-order valence-corrected chi connectivity index (χ0v) is 11.2. The van der Waals surface area contributed by atoms with E-state index in [2.05, 4.69) is 17.9 Å². The maximum atomic E-state index is 12.4. The van der Waals surface area contributed by atoms with Crippen molar-refractivity contribution in [1.82, 2.24) is 4.90 Å². The summed E-state index contributed by atoms with van der Waals surface area (Å²) in [6, 6.07) is 9.08. The Labute approximate surface area is 113 Å². The molecule has 0 bridgehead atoms. The van der Waals surface area contributed by atoms with E-state index in [4.69, 9.17) is 11.0 Å². The van der Waals surface area contributed by atoms with Crippen molar-refractivity contribution in [3.05, 3.63) is 35.4 Å². The Balaban J connectivity index is 3.03. The molecular weight excluding hydrogens is 238 g/mol. The van der Waals surface area contributed by atoms with Gasteiger partial charge in [-0.2, -0.15) is 5.26 Å². The summed E-state index contributed by atoms with van der Waals surface area (Å²) >= 11 is 0. The minimum absolute atomic E-state index is 0.131. The first-order valence-electron chi connectivity index (χ1n) is 6.04. The van der Waals surface area contributed by atoms with E-state index in [1.54, 1.807) is 30.1 Å². The van der Waals surface area contributed by atoms with Gasteiger partial charge < -0.3 is 10.6 Å². The van der Waals surface area contributed by atoms with E-state index in [9.17, 15) is 4.79 Å². The quantitative estimate of drug-likeness (QED) is 0.829. The smallest absolute Gasteiger partial charge is 0.255 e. The third-order valence-corrected chi connectivity index (χ3v) is 2.85. The number of benzene rings is 1. The lowest BCUT2D eigenvalue weighted by Gasteiger charge is -2.23. The van der Waals surface area contributed by atoms with Crippen LogP contribution in [0.1, 0.15) is 29.3 Å². The molecule has 0 heterocycles. The van der Waals surface area contributed by atoms with Crippen LogP contribution in [0, 0.1) is 23.2 Å². The van der Waals surface area contributed by atoms with Crippen LogP contribution in [0.5, 0.6) is 0 Å². The first-order chi connectivity index (χ1) is 9.11. The molecule has 0 aliphatic carbocycles. The van der Waals surface area contributed by atoms with Gasteiger partial charge in [-0.25, -0.2) is 0 Å². The topological polar surface area (TPSA) is 70.1 Å². The predicted molar refractivity (Wildman–Crippen MR) is 74.2 cm³/mol. The molecule has 1 aromatic rings. The average molecular weight is 255 g/mol. The van der Waals surface area contributed by atoms with Gasteiger partial charge in [-0.15, -0.1) is 0 Å². The first kappa shape index (κ1) is 14.8. The lowest BCUT2D eigenvalue weighted by Crippen LogP contribution is -2.35. The zero-order valence-electron chi connectivity index (χ0n) is 11.2.